The summed E-state index contributed by atoms with van der Waals surface area (Å²) < 4.78 is 32.1. The molecule has 2 heterocycles. The zero-order chi connectivity index (χ0) is 20.1. The fourth-order valence-electron chi connectivity index (χ4n) is 2.97. The third-order valence-electron chi connectivity index (χ3n) is 3.98. The van der Waals surface area contributed by atoms with Gasteiger partial charge in [-0.3, -0.25) is 19.2 Å². The maximum Gasteiger partial charge on any atom is 0.303 e. The molecule has 2 fully saturated rings. The molecule has 0 amide bonds. The molecule has 152 valence electrons. The number of carbonyl (C=O) groups excluding carboxylic acids is 4. The Hall–Kier alpha value is -2.20. The Morgan fingerprint density at radius 1 is 0.778 bits per heavy atom. The van der Waals surface area contributed by atoms with Gasteiger partial charge in [0.1, 0.15) is 18.8 Å². The summed E-state index contributed by atoms with van der Waals surface area (Å²) in [5, 5.41) is 0. The molecular formula is C17H24O10. The van der Waals surface area contributed by atoms with Crippen molar-refractivity contribution in [2.75, 3.05) is 13.2 Å². The molecule has 2 rings (SSSR count). The minimum absolute atomic E-state index is 0.0781. The fraction of sp³-hybridized carbons (Fsp3) is 0.765. The Bertz CT molecular complexity index is 584. The van der Waals surface area contributed by atoms with Gasteiger partial charge in [-0.15, -0.1) is 0 Å². The molecule has 2 saturated heterocycles. The lowest BCUT2D eigenvalue weighted by Crippen LogP contribution is -2.62. The fourth-order valence-corrected chi connectivity index (χ4v) is 2.97. The first-order valence-electron chi connectivity index (χ1n) is 8.59. The molecule has 0 aliphatic carbocycles. The van der Waals surface area contributed by atoms with Crippen LogP contribution in [-0.2, 0) is 47.6 Å². The van der Waals surface area contributed by atoms with Crippen LogP contribution in [0.3, 0.4) is 0 Å². The monoisotopic (exact) mass is 388 g/mol. The van der Waals surface area contributed by atoms with Crippen LogP contribution >= 0.6 is 0 Å². The molecular weight excluding hydrogens is 364 g/mol. The zero-order valence-corrected chi connectivity index (χ0v) is 15.7. The molecule has 0 saturated carbocycles. The van der Waals surface area contributed by atoms with Gasteiger partial charge < -0.3 is 28.4 Å². The number of epoxide rings is 1. The van der Waals surface area contributed by atoms with Crippen molar-refractivity contribution in [3.05, 3.63) is 0 Å². The summed E-state index contributed by atoms with van der Waals surface area (Å²) in [6.07, 6.45) is -4.55. The lowest BCUT2D eigenvalue weighted by atomic mass is 9.92. The van der Waals surface area contributed by atoms with Crippen LogP contribution in [0.1, 0.15) is 34.1 Å². The van der Waals surface area contributed by atoms with Gasteiger partial charge in [-0.2, -0.15) is 0 Å². The van der Waals surface area contributed by atoms with Crippen LogP contribution in [0.15, 0.2) is 0 Å². The average molecular weight is 388 g/mol. The third-order valence-corrected chi connectivity index (χ3v) is 3.98. The highest BCUT2D eigenvalue weighted by Gasteiger charge is 2.53. The zero-order valence-electron chi connectivity index (χ0n) is 15.7. The van der Waals surface area contributed by atoms with Gasteiger partial charge in [0.15, 0.2) is 18.3 Å². The van der Waals surface area contributed by atoms with Crippen molar-refractivity contribution >= 4 is 23.9 Å². The second-order valence-electron chi connectivity index (χ2n) is 6.43. The smallest absolute Gasteiger partial charge is 0.303 e. The van der Waals surface area contributed by atoms with Gasteiger partial charge in [-0.05, 0) is 0 Å². The van der Waals surface area contributed by atoms with Gasteiger partial charge in [-0.25, -0.2) is 0 Å². The van der Waals surface area contributed by atoms with E-state index in [1.165, 1.54) is 27.7 Å². The lowest BCUT2D eigenvalue weighted by molar-refractivity contribution is -0.253. The van der Waals surface area contributed by atoms with Crippen LogP contribution in [0, 0.1) is 0 Å². The highest BCUT2D eigenvalue weighted by atomic mass is 16.7. The van der Waals surface area contributed by atoms with E-state index in [4.69, 9.17) is 28.4 Å². The molecule has 0 spiro atoms. The molecule has 0 N–H and O–H groups in total. The minimum Gasteiger partial charge on any atom is -0.463 e. The normalized spacial score (nSPS) is 32.1. The minimum atomic E-state index is -1.12. The Labute approximate surface area is 156 Å². The predicted octanol–water partition coefficient (Wildman–Crippen LogP) is -0.0991. The van der Waals surface area contributed by atoms with Crippen LogP contribution < -0.4 is 0 Å². The summed E-state index contributed by atoms with van der Waals surface area (Å²) in [6.45, 7) is 5.11. The largest absolute Gasteiger partial charge is 0.463 e. The van der Waals surface area contributed by atoms with E-state index in [9.17, 15) is 19.2 Å². The van der Waals surface area contributed by atoms with E-state index in [1.807, 2.05) is 0 Å². The van der Waals surface area contributed by atoms with Crippen LogP contribution in [0.2, 0.25) is 0 Å². The Balaban J connectivity index is 2.32. The predicted molar refractivity (Wildman–Crippen MR) is 86.3 cm³/mol. The van der Waals surface area contributed by atoms with Crippen molar-refractivity contribution in [3.8, 4) is 0 Å². The summed E-state index contributed by atoms with van der Waals surface area (Å²) in [7, 11) is 0. The van der Waals surface area contributed by atoms with Crippen molar-refractivity contribution in [3.63, 3.8) is 0 Å². The van der Waals surface area contributed by atoms with E-state index in [1.54, 1.807) is 0 Å². The average Bonchev–Trinajstić information content (AvgIpc) is 3.34. The summed E-state index contributed by atoms with van der Waals surface area (Å²) in [4.78, 5) is 46.0. The maximum atomic E-state index is 11.6. The van der Waals surface area contributed by atoms with Crippen LogP contribution in [0.4, 0.5) is 0 Å². The SMILES string of the molecule is CC(=O)OC[C@H]1O[C@@H](CC2CO2)[C@H](OC(C)=O)[C@@H](OC(C)=O)[C@@H]1OC(C)=O. The number of hydrogen-bond acceptors (Lipinski definition) is 10. The molecule has 0 radical (unpaired) electrons. The second-order valence-corrected chi connectivity index (χ2v) is 6.43. The number of esters is 4. The van der Waals surface area contributed by atoms with Gasteiger partial charge in [0.05, 0.1) is 12.7 Å². The highest BCUT2D eigenvalue weighted by Crippen LogP contribution is 2.33. The van der Waals surface area contributed by atoms with E-state index in [-0.39, 0.29) is 12.7 Å². The van der Waals surface area contributed by atoms with E-state index >= 15 is 0 Å². The summed E-state index contributed by atoms with van der Waals surface area (Å²) in [6, 6.07) is 0. The molecule has 0 aromatic rings. The standard InChI is InChI=1S/C17H24O10/c1-8(18)22-7-14-16(25-10(3)20)17(26-11(4)21)15(24-9(2)19)13(27-14)5-12-6-23-12/h12-17H,5-7H2,1-4H3/t12?,13-,14+,15-,16+,17+/m0/s1. The number of hydrogen-bond donors (Lipinski definition) is 0. The Kier molecular flexibility index (Phi) is 7.14. The molecule has 2 aliphatic heterocycles. The van der Waals surface area contributed by atoms with E-state index in [0.717, 1.165) is 0 Å². The molecule has 0 aromatic heterocycles. The second kappa shape index (κ2) is 9.14. The third kappa shape index (κ3) is 6.47. The maximum absolute atomic E-state index is 11.6. The van der Waals surface area contributed by atoms with Crippen LogP contribution in [-0.4, -0.2) is 73.7 Å². The van der Waals surface area contributed by atoms with Crippen LogP contribution in [0.25, 0.3) is 0 Å². The van der Waals surface area contributed by atoms with Gasteiger partial charge in [0.25, 0.3) is 0 Å². The van der Waals surface area contributed by atoms with E-state index in [2.05, 4.69) is 0 Å². The first-order valence-corrected chi connectivity index (χ1v) is 8.59. The Morgan fingerprint density at radius 3 is 1.70 bits per heavy atom. The lowest BCUT2D eigenvalue weighted by Gasteiger charge is -2.44. The quantitative estimate of drug-likeness (QED) is 0.331. The number of carbonyl (C=O) groups is 4. The van der Waals surface area contributed by atoms with Gasteiger partial charge >= 0.3 is 23.9 Å². The molecule has 0 bridgehead atoms. The summed E-state index contributed by atoms with van der Waals surface area (Å²) >= 11 is 0. The summed E-state index contributed by atoms with van der Waals surface area (Å²) in [5.41, 5.74) is 0. The summed E-state index contributed by atoms with van der Waals surface area (Å²) in [5.74, 6) is -2.46. The van der Waals surface area contributed by atoms with E-state index in [0.29, 0.717) is 13.0 Å². The molecule has 6 atom stereocenters. The topological polar surface area (TPSA) is 127 Å². The van der Waals surface area contributed by atoms with Gasteiger partial charge in [0, 0.05) is 34.1 Å². The van der Waals surface area contributed by atoms with Crippen molar-refractivity contribution < 1.29 is 47.6 Å². The van der Waals surface area contributed by atoms with Gasteiger partial charge in [0.2, 0.25) is 0 Å². The van der Waals surface area contributed by atoms with Crippen molar-refractivity contribution in [1.82, 2.24) is 0 Å². The first-order chi connectivity index (χ1) is 12.7. The van der Waals surface area contributed by atoms with Gasteiger partial charge in [-0.1, -0.05) is 0 Å². The number of rotatable bonds is 7. The molecule has 0 aromatic carbocycles. The highest BCUT2D eigenvalue weighted by molar-refractivity contribution is 5.68. The molecule has 2 aliphatic rings. The molecule has 10 heteroatoms. The number of ether oxygens (including phenoxy) is 6. The molecule has 10 nitrogen and oxygen atoms in total. The van der Waals surface area contributed by atoms with Crippen molar-refractivity contribution in [1.29, 1.82) is 0 Å². The molecule has 1 unspecified atom stereocenters. The van der Waals surface area contributed by atoms with E-state index < -0.39 is 54.4 Å². The molecule has 27 heavy (non-hydrogen) atoms. The van der Waals surface area contributed by atoms with Crippen LogP contribution in [0.5, 0.6) is 0 Å². The van der Waals surface area contributed by atoms with Crippen molar-refractivity contribution in [2.24, 2.45) is 0 Å². The first kappa shape index (κ1) is 21.1. The Morgan fingerprint density at radius 2 is 1.26 bits per heavy atom. The van der Waals surface area contributed by atoms with Crippen molar-refractivity contribution in [2.45, 2.75) is 70.7 Å².